The van der Waals surface area contributed by atoms with Crippen LogP contribution in [0.4, 0.5) is 5.69 Å². The number of likely N-dealkylation sites (N-methyl/N-ethyl adjacent to an activating group) is 1. The third-order valence-electron chi connectivity index (χ3n) is 6.56. The molecule has 188 valence electrons. The zero-order valence-electron chi connectivity index (χ0n) is 21.7. The Bertz CT molecular complexity index is 1090. The number of ketones is 1. The van der Waals surface area contributed by atoms with Crippen LogP contribution in [0.1, 0.15) is 43.5 Å². The lowest BCUT2D eigenvalue weighted by Crippen LogP contribution is -2.38. The van der Waals surface area contributed by atoms with Gasteiger partial charge in [-0.05, 0) is 68.4 Å². The van der Waals surface area contributed by atoms with Crippen LogP contribution in [-0.4, -0.2) is 73.5 Å². The van der Waals surface area contributed by atoms with Gasteiger partial charge in [0.25, 0.3) is 11.7 Å². The molecule has 0 spiro atoms. The number of carbonyl (C=O) groups excluding carboxylic acids is 2. The van der Waals surface area contributed by atoms with E-state index in [1.807, 2.05) is 57.1 Å². The number of rotatable bonds is 10. The Labute approximate surface area is 208 Å². The number of Topliss-reactive ketones (excluding diaryl/α,β-unsaturated/α-hetero) is 1. The molecule has 0 saturated carbocycles. The van der Waals surface area contributed by atoms with Gasteiger partial charge in [-0.1, -0.05) is 26.0 Å². The van der Waals surface area contributed by atoms with Crippen molar-refractivity contribution in [1.82, 2.24) is 9.80 Å². The van der Waals surface area contributed by atoms with Gasteiger partial charge < -0.3 is 24.5 Å². The molecular formula is C28H37N3O4. The second-order valence-corrected chi connectivity index (χ2v) is 8.92. The number of anilines is 1. The van der Waals surface area contributed by atoms with Crippen molar-refractivity contribution in [3.63, 3.8) is 0 Å². The highest BCUT2D eigenvalue weighted by Gasteiger charge is 2.46. The van der Waals surface area contributed by atoms with Crippen molar-refractivity contribution in [3.05, 3.63) is 64.7 Å². The molecule has 1 N–H and O–H groups in total. The molecule has 2 aromatic carbocycles. The van der Waals surface area contributed by atoms with E-state index >= 15 is 0 Å². The predicted octanol–water partition coefficient (Wildman–Crippen LogP) is 4.22. The first-order valence-electron chi connectivity index (χ1n) is 12.2. The van der Waals surface area contributed by atoms with Crippen LogP contribution in [0, 0.1) is 6.92 Å². The van der Waals surface area contributed by atoms with E-state index in [0.29, 0.717) is 25.3 Å². The van der Waals surface area contributed by atoms with Crippen molar-refractivity contribution in [2.45, 2.75) is 33.7 Å². The first-order chi connectivity index (χ1) is 16.7. The summed E-state index contributed by atoms with van der Waals surface area (Å²) < 4.78 is 5.61. The van der Waals surface area contributed by atoms with Crippen molar-refractivity contribution < 1.29 is 19.4 Å². The van der Waals surface area contributed by atoms with Crippen LogP contribution in [0.3, 0.4) is 0 Å². The number of nitrogens with zero attached hydrogens (tertiary/aromatic N) is 3. The van der Waals surface area contributed by atoms with Crippen molar-refractivity contribution >= 4 is 23.1 Å². The number of ether oxygens (including phenoxy) is 1. The van der Waals surface area contributed by atoms with Gasteiger partial charge >= 0.3 is 0 Å². The van der Waals surface area contributed by atoms with Crippen LogP contribution in [0.2, 0.25) is 0 Å². The molecule has 0 unspecified atom stereocenters. The van der Waals surface area contributed by atoms with E-state index < -0.39 is 17.7 Å². The van der Waals surface area contributed by atoms with Crippen LogP contribution < -0.4 is 9.64 Å². The second kappa shape index (κ2) is 11.4. The summed E-state index contributed by atoms with van der Waals surface area (Å²) in [7, 11) is 3.92. The van der Waals surface area contributed by atoms with Crippen molar-refractivity contribution in [3.8, 4) is 5.75 Å². The molecule has 1 heterocycles. The summed E-state index contributed by atoms with van der Waals surface area (Å²) in [5.74, 6) is -0.681. The largest absolute Gasteiger partial charge is 0.507 e. The summed E-state index contributed by atoms with van der Waals surface area (Å²) in [5.41, 5.74) is 3.26. The zero-order chi connectivity index (χ0) is 25.7. The summed E-state index contributed by atoms with van der Waals surface area (Å²) in [4.78, 5) is 32.3. The zero-order valence-corrected chi connectivity index (χ0v) is 21.7. The number of hydrogen-bond donors (Lipinski definition) is 1. The molecule has 1 amide bonds. The lowest BCUT2D eigenvalue weighted by molar-refractivity contribution is -0.140. The van der Waals surface area contributed by atoms with E-state index in [1.54, 1.807) is 23.1 Å². The van der Waals surface area contributed by atoms with E-state index in [2.05, 4.69) is 18.7 Å². The molecule has 1 saturated heterocycles. The van der Waals surface area contributed by atoms with Crippen molar-refractivity contribution in [2.75, 3.05) is 51.8 Å². The SMILES string of the molecule is CCOc1ccc(C(O)=C2C(=O)C(=O)N(CCN(CC)CC)[C@@H]2c2ccc(N(C)C)cc2)cc1C. The molecule has 35 heavy (non-hydrogen) atoms. The minimum Gasteiger partial charge on any atom is -0.507 e. The Morgan fingerprint density at radius 2 is 1.69 bits per heavy atom. The molecule has 0 aliphatic carbocycles. The van der Waals surface area contributed by atoms with Crippen LogP contribution in [-0.2, 0) is 9.59 Å². The molecule has 1 atom stereocenters. The molecule has 0 radical (unpaired) electrons. The summed E-state index contributed by atoms with van der Waals surface area (Å²) >= 11 is 0. The summed E-state index contributed by atoms with van der Waals surface area (Å²) in [5, 5.41) is 11.3. The van der Waals surface area contributed by atoms with Gasteiger partial charge in [-0.3, -0.25) is 9.59 Å². The first kappa shape index (κ1) is 26.3. The maximum Gasteiger partial charge on any atom is 0.295 e. The number of amides is 1. The topological polar surface area (TPSA) is 73.3 Å². The van der Waals surface area contributed by atoms with Gasteiger partial charge in [-0.25, -0.2) is 0 Å². The Morgan fingerprint density at radius 3 is 2.23 bits per heavy atom. The minimum absolute atomic E-state index is 0.121. The average Bonchev–Trinajstić information content (AvgIpc) is 3.10. The van der Waals surface area contributed by atoms with Crippen LogP contribution >= 0.6 is 0 Å². The van der Waals surface area contributed by atoms with E-state index in [-0.39, 0.29) is 11.3 Å². The fourth-order valence-corrected chi connectivity index (χ4v) is 4.47. The Morgan fingerprint density at radius 1 is 1.03 bits per heavy atom. The second-order valence-electron chi connectivity index (χ2n) is 8.92. The van der Waals surface area contributed by atoms with Gasteiger partial charge in [-0.15, -0.1) is 0 Å². The van der Waals surface area contributed by atoms with E-state index in [1.165, 1.54) is 0 Å². The number of aliphatic hydroxyl groups excluding tert-OH is 1. The molecule has 1 aliphatic heterocycles. The van der Waals surface area contributed by atoms with Gasteiger partial charge in [-0.2, -0.15) is 0 Å². The number of aliphatic hydroxyl groups is 1. The third kappa shape index (κ3) is 5.51. The van der Waals surface area contributed by atoms with Gasteiger partial charge in [0.1, 0.15) is 11.5 Å². The van der Waals surface area contributed by atoms with E-state index in [4.69, 9.17) is 4.74 Å². The highest BCUT2D eigenvalue weighted by atomic mass is 16.5. The maximum absolute atomic E-state index is 13.3. The molecule has 7 nitrogen and oxygen atoms in total. The number of hydrogen-bond acceptors (Lipinski definition) is 6. The minimum atomic E-state index is -0.659. The van der Waals surface area contributed by atoms with Gasteiger partial charge in [0.2, 0.25) is 0 Å². The Hall–Kier alpha value is -3.32. The monoisotopic (exact) mass is 479 g/mol. The average molecular weight is 480 g/mol. The third-order valence-corrected chi connectivity index (χ3v) is 6.56. The molecule has 2 aromatic rings. The number of benzene rings is 2. The number of aryl methyl sites for hydroxylation is 1. The molecule has 1 aliphatic rings. The molecule has 0 bridgehead atoms. The molecule has 7 heteroatoms. The Balaban J connectivity index is 2.10. The van der Waals surface area contributed by atoms with E-state index in [0.717, 1.165) is 35.7 Å². The maximum atomic E-state index is 13.3. The molecular weight excluding hydrogens is 442 g/mol. The fourth-order valence-electron chi connectivity index (χ4n) is 4.47. The molecule has 0 aromatic heterocycles. The van der Waals surface area contributed by atoms with Gasteiger partial charge in [0.05, 0.1) is 18.2 Å². The summed E-state index contributed by atoms with van der Waals surface area (Å²) in [6, 6.07) is 12.4. The number of likely N-dealkylation sites (tertiary alicyclic amines) is 1. The van der Waals surface area contributed by atoms with Crippen LogP contribution in [0.25, 0.3) is 5.76 Å². The fraction of sp³-hybridized carbons (Fsp3) is 0.429. The predicted molar refractivity (Wildman–Crippen MR) is 140 cm³/mol. The number of carbonyl (C=O) groups is 2. The standard InChI is InChI=1S/C28H37N3O4/c1-7-30(8-2)16-17-31-25(20-10-13-22(14-11-20)29(5)6)24(27(33)28(31)34)26(32)21-12-15-23(35-9-3)19(4)18-21/h10-15,18,25,32H,7-9,16-17H2,1-6H3/t25-/m1/s1. The smallest absolute Gasteiger partial charge is 0.295 e. The summed E-state index contributed by atoms with van der Waals surface area (Å²) in [6.45, 7) is 11.2. The lowest BCUT2D eigenvalue weighted by atomic mass is 9.94. The highest BCUT2D eigenvalue weighted by Crippen LogP contribution is 2.40. The lowest BCUT2D eigenvalue weighted by Gasteiger charge is -2.28. The van der Waals surface area contributed by atoms with Gasteiger partial charge in [0.15, 0.2) is 0 Å². The highest BCUT2D eigenvalue weighted by molar-refractivity contribution is 6.46. The van der Waals surface area contributed by atoms with Crippen molar-refractivity contribution in [1.29, 1.82) is 0 Å². The van der Waals surface area contributed by atoms with Crippen molar-refractivity contribution in [2.24, 2.45) is 0 Å². The van der Waals surface area contributed by atoms with Crippen LogP contribution in [0.5, 0.6) is 5.75 Å². The molecule has 1 fully saturated rings. The molecule has 3 rings (SSSR count). The van der Waals surface area contributed by atoms with E-state index in [9.17, 15) is 14.7 Å². The quantitative estimate of drug-likeness (QED) is 0.312. The van der Waals surface area contributed by atoms with Gasteiger partial charge in [0, 0.05) is 38.4 Å². The normalized spacial score (nSPS) is 17.3. The first-order valence-corrected chi connectivity index (χ1v) is 12.2. The summed E-state index contributed by atoms with van der Waals surface area (Å²) in [6.07, 6.45) is 0. The Kier molecular flexibility index (Phi) is 8.57. The van der Waals surface area contributed by atoms with Crippen LogP contribution in [0.15, 0.2) is 48.0 Å².